The van der Waals surface area contributed by atoms with Crippen LogP contribution in [-0.4, -0.2) is 21.8 Å². The normalized spacial score (nSPS) is 15.2. The van der Waals surface area contributed by atoms with Gasteiger partial charge in [-0.3, -0.25) is 14.4 Å². The summed E-state index contributed by atoms with van der Waals surface area (Å²) >= 11 is 1.36. The number of hydrogen-bond acceptors (Lipinski definition) is 5. The summed E-state index contributed by atoms with van der Waals surface area (Å²) in [5.74, 6) is -0.886. The van der Waals surface area contributed by atoms with Crippen LogP contribution in [0.3, 0.4) is 0 Å². The SMILES string of the molecule is Cc1ccc(NC(=O)[C@H]2CC(=O)Nc3nc(SCc4ccccc4)[nH]c(=O)c32)c(C)c1. The molecule has 2 amide bonds. The van der Waals surface area contributed by atoms with Crippen molar-refractivity contribution in [2.75, 3.05) is 10.6 Å². The smallest absolute Gasteiger partial charge is 0.257 e. The van der Waals surface area contributed by atoms with Gasteiger partial charge in [-0.15, -0.1) is 0 Å². The van der Waals surface area contributed by atoms with Crippen LogP contribution in [0.2, 0.25) is 0 Å². The number of aromatic nitrogens is 2. The number of carbonyl (C=O) groups excluding carboxylic acids is 2. The summed E-state index contributed by atoms with van der Waals surface area (Å²) in [7, 11) is 0. The molecule has 0 spiro atoms. The van der Waals surface area contributed by atoms with Gasteiger partial charge in [-0.1, -0.05) is 59.8 Å². The molecule has 0 saturated heterocycles. The van der Waals surface area contributed by atoms with Crippen LogP contribution in [0.1, 0.15) is 34.6 Å². The average Bonchev–Trinajstić information content (AvgIpc) is 2.74. The van der Waals surface area contributed by atoms with Crippen molar-refractivity contribution >= 4 is 35.1 Å². The Bertz CT molecular complexity index is 1210. The highest BCUT2D eigenvalue weighted by molar-refractivity contribution is 7.98. The zero-order chi connectivity index (χ0) is 22.0. The van der Waals surface area contributed by atoms with E-state index >= 15 is 0 Å². The molecule has 1 aliphatic heterocycles. The van der Waals surface area contributed by atoms with E-state index in [0.717, 1.165) is 16.7 Å². The van der Waals surface area contributed by atoms with E-state index in [1.807, 2.05) is 62.4 Å². The van der Waals surface area contributed by atoms with Crippen molar-refractivity contribution < 1.29 is 9.59 Å². The lowest BCUT2D eigenvalue weighted by atomic mass is 9.92. The number of aryl methyl sites for hydroxylation is 2. The van der Waals surface area contributed by atoms with Crippen molar-refractivity contribution in [3.63, 3.8) is 0 Å². The summed E-state index contributed by atoms with van der Waals surface area (Å²) in [5.41, 5.74) is 3.50. The van der Waals surface area contributed by atoms with Crippen molar-refractivity contribution in [1.82, 2.24) is 9.97 Å². The molecule has 8 heteroatoms. The first-order valence-corrected chi connectivity index (χ1v) is 10.9. The monoisotopic (exact) mass is 434 g/mol. The minimum atomic E-state index is -0.908. The van der Waals surface area contributed by atoms with E-state index in [2.05, 4.69) is 20.6 Å². The summed E-state index contributed by atoms with van der Waals surface area (Å²) in [6.45, 7) is 3.87. The number of carbonyl (C=O) groups is 2. The van der Waals surface area contributed by atoms with Gasteiger partial charge >= 0.3 is 0 Å². The molecule has 1 atom stereocenters. The predicted molar refractivity (Wildman–Crippen MR) is 121 cm³/mol. The van der Waals surface area contributed by atoms with E-state index in [9.17, 15) is 14.4 Å². The third-order valence-electron chi connectivity index (χ3n) is 5.10. The summed E-state index contributed by atoms with van der Waals surface area (Å²) in [6, 6.07) is 15.5. The van der Waals surface area contributed by atoms with Crippen molar-refractivity contribution in [3.05, 3.63) is 81.1 Å². The summed E-state index contributed by atoms with van der Waals surface area (Å²) in [6.07, 6.45) is -0.106. The number of rotatable bonds is 5. The Labute approximate surface area is 183 Å². The highest BCUT2D eigenvalue weighted by Crippen LogP contribution is 2.31. The Morgan fingerprint density at radius 3 is 2.68 bits per heavy atom. The van der Waals surface area contributed by atoms with Gasteiger partial charge in [0.05, 0.1) is 11.5 Å². The molecule has 1 aromatic heterocycles. The maximum atomic E-state index is 13.0. The highest BCUT2D eigenvalue weighted by atomic mass is 32.2. The largest absolute Gasteiger partial charge is 0.325 e. The minimum absolute atomic E-state index is 0.106. The van der Waals surface area contributed by atoms with Gasteiger partial charge in [0.1, 0.15) is 5.82 Å². The molecule has 3 aromatic rings. The van der Waals surface area contributed by atoms with Gasteiger partial charge in [0.2, 0.25) is 11.8 Å². The molecule has 4 rings (SSSR count). The van der Waals surface area contributed by atoms with E-state index in [1.54, 1.807) is 0 Å². The molecule has 1 aliphatic rings. The van der Waals surface area contributed by atoms with Gasteiger partial charge in [0.25, 0.3) is 5.56 Å². The fraction of sp³-hybridized carbons (Fsp3) is 0.217. The fourth-order valence-electron chi connectivity index (χ4n) is 3.54. The Kier molecular flexibility index (Phi) is 5.90. The second-order valence-electron chi connectivity index (χ2n) is 7.52. The molecule has 0 fully saturated rings. The molecule has 2 heterocycles. The van der Waals surface area contributed by atoms with Crippen LogP contribution in [-0.2, 0) is 15.3 Å². The van der Waals surface area contributed by atoms with Crippen LogP contribution < -0.4 is 16.2 Å². The van der Waals surface area contributed by atoms with Gasteiger partial charge < -0.3 is 15.6 Å². The number of hydrogen-bond donors (Lipinski definition) is 3. The van der Waals surface area contributed by atoms with Crippen molar-refractivity contribution in [3.8, 4) is 0 Å². The molecule has 2 aromatic carbocycles. The molecule has 0 aliphatic carbocycles. The van der Waals surface area contributed by atoms with Crippen LogP contribution in [0, 0.1) is 13.8 Å². The first kappa shape index (κ1) is 20.9. The van der Waals surface area contributed by atoms with Crippen LogP contribution in [0.25, 0.3) is 0 Å². The Hall–Kier alpha value is -3.39. The third kappa shape index (κ3) is 4.69. The standard InChI is InChI=1S/C23H22N4O3S/c1-13-8-9-17(14(2)10-13)24-21(29)16-11-18(28)25-20-19(16)22(30)27-23(26-20)31-12-15-6-4-3-5-7-15/h3-10,16H,11-12H2,1-2H3,(H,24,29)(H2,25,26,27,28,30)/t16-/m0/s1. The van der Waals surface area contributed by atoms with Crippen molar-refractivity contribution in [2.24, 2.45) is 0 Å². The number of benzene rings is 2. The van der Waals surface area contributed by atoms with Crippen molar-refractivity contribution in [1.29, 1.82) is 0 Å². The molecule has 3 N–H and O–H groups in total. The Balaban J connectivity index is 1.59. The maximum absolute atomic E-state index is 13.0. The zero-order valence-corrected chi connectivity index (χ0v) is 18.0. The maximum Gasteiger partial charge on any atom is 0.257 e. The molecular weight excluding hydrogens is 412 g/mol. The lowest BCUT2D eigenvalue weighted by molar-refractivity contribution is -0.123. The van der Waals surface area contributed by atoms with E-state index in [4.69, 9.17) is 0 Å². The van der Waals surface area contributed by atoms with E-state index in [1.165, 1.54) is 11.8 Å². The highest BCUT2D eigenvalue weighted by Gasteiger charge is 2.35. The van der Waals surface area contributed by atoms with Crippen LogP contribution in [0.4, 0.5) is 11.5 Å². The number of anilines is 2. The molecular formula is C23H22N4O3S. The molecule has 0 saturated carbocycles. The third-order valence-corrected chi connectivity index (χ3v) is 6.05. The Morgan fingerprint density at radius 1 is 1.16 bits per heavy atom. The first-order chi connectivity index (χ1) is 14.9. The van der Waals surface area contributed by atoms with Gasteiger partial charge in [-0.2, -0.15) is 0 Å². The van der Waals surface area contributed by atoms with Crippen LogP contribution in [0.15, 0.2) is 58.5 Å². The molecule has 0 bridgehead atoms. The topological polar surface area (TPSA) is 104 Å². The Morgan fingerprint density at radius 2 is 1.94 bits per heavy atom. The average molecular weight is 435 g/mol. The second-order valence-corrected chi connectivity index (χ2v) is 8.48. The second kappa shape index (κ2) is 8.77. The van der Waals surface area contributed by atoms with Gasteiger partial charge in [-0.25, -0.2) is 4.98 Å². The number of nitrogens with one attached hydrogen (secondary N) is 3. The number of H-pyrrole nitrogens is 1. The minimum Gasteiger partial charge on any atom is -0.325 e. The number of nitrogens with zero attached hydrogens (tertiary/aromatic N) is 1. The number of aromatic amines is 1. The van der Waals surface area contributed by atoms with Crippen molar-refractivity contribution in [2.45, 2.75) is 37.1 Å². The van der Waals surface area contributed by atoms with E-state index < -0.39 is 17.4 Å². The van der Waals surface area contributed by atoms with Gasteiger partial charge in [-0.05, 0) is 31.0 Å². The number of fused-ring (bicyclic) bond motifs is 1. The molecule has 7 nitrogen and oxygen atoms in total. The lowest BCUT2D eigenvalue weighted by Gasteiger charge is -2.24. The quantitative estimate of drug-likeness (QED) is 0.419. The van der Waals surface area contributed by atoms with E-state index in [0.29, 0.717) is 16.6 Å². The zero-order valence-electron chi connectivity index (χ0n) is 17.2. The summed E-state index contributed by atoms with van der Waals surface area (Å²) < 4.78 is 0. The van der Waals surface area contributed by atoms with Crippen LogP contribution in [0.5, 0.6) is 0 Å². The number of thioether (sulfide) groups is 1. The lowest BCUT2D eigenvalue weighted by Crippen LogP contribution is -2.36. The van der Waals surface area contributed by atoms with Gasteiger partial charge in [0, 0.05) is 17.9 Å². The summed E-state index contributed by atoms with van der Waals surface area (Å²) in [5, 5.41) is 5.89. The molecule has 0 unspecified atom stereocenters. The summed E-state index contributed by atoms with van der Waals surface area (Å²) in [4.78, 5) is 45.2. The molecule has 158 valence electrons. The fourth-order valence-corrected chi connectivity index (χ4v) is 4.36. The number of amides is 2. The predicted octanol–water partition coefficient (Wildman–Crippen LogP) is 3.74. The first-order valence-electron chi connectivity index (χ1n) is 9.89. The molecule has 0 radical (unpaired) electrons. The van der Waals surface area contributed by atoms with E-state index in [-0.39, 0.29) is 23.7 Å². The van der Waals surface area contributed by atoms with Crippen LogP contribution >= 0.6 is 11.8 Å². The van der Waals surface area contributed by atoms with Gasteiger partial charge in [0.15, 0.2) is 5.16 Å². The molecule has 31 heavy (non-hydrogen) atoms.